The lowest BCUT2D eigenvalue weighted by Gasteiger charge is -2.10. The molecule has 102 valence electrons. The highest BCUT2D eigenvalue weighted by atomic mass is 32.1. The van der Waals surface area contributed by atoms with Crippen molar-refractivity contribution in [1.82, 2.24) is 14.3 Å². The van der Waals surface area contributed by atoms with Gasteiger partial charge in [-0.2, -0.15) is 9.36 Å². The molecule has 0 amide bonds. The molecule has 7 nitrogen and oxygen atoms in total. The largest absolute Gasteiger partial charge is 0.385 e. The minimum absolute atomic E-state index is 0.234. The van der Waals surface area contributed by atoms with Crippen LogP contribution in [0, 0.1) is 0 Å². The van der Waals surface area contributed by atoms with Crippen LogP contribution in [0.1, 0.15) is 11.8 Å². The second kappa shape index (κ2) is 5.81. The van der Waals surface area contributed by atoms with Crippen LogP contribution in [0.25, 0.3) is 0 Å². The fourth-order valence-electron chi connectivity index (χ4n) is 1.42. The molecule has 0 saturated carbocycles. The monoisotopic (exact) mass is 281 g/mol. The van der Waals surface area contributed by atoms with Crippen LogP contribution < -0.4 is 15.8 Å². The molecule has 0 aliphatic rings. The van der Waals surface area contributed by atoms with Gasteiger partial charge in [-0.3, -0.25) is 4.79 Å². The zero-order valence-electron chi connectivity index (χ0n) is 10.6. The first kappa shape index (κ1) is 13.5. The van der Waals surface area contributed by atoms with E-state index in [-0.39, 0.29) is 12.1 Å². The number of anilines is 2. The third kappa shape index (κ3) is 3.52. The van der Waals surface area contributed by atoms with Gasteiger partial charge in [-0.25, -0.2) is 0 Å². The predicted octanol–water partition coefficient (Wildman–Crippen LogP) is 0.438. The van der Waals surface area contributed by atoms with Crippen molar-refractivity contribution in [3.63, 3.8) is 0 Å². The number of hydrogen-bond donors (Lipinski definition) is 3. The van der Waals surface area contributed by atoms with Crippen molar-refractivity contribution < 1.29 is 5.11 Å². The van der Waals surface area contributed by atoms with Gasteiger partial charge >= 0.3 is 0 Å². The van der Waals surface area contributed by atoms with Gasteiger partial charge in [-0.1, -0.05) is 6.07 Å². The molecule has 0 aliphatic carbocycles. The Morgan fingerprint density at radius 2 is 2.32 bits per heavy atom. The SMILES string of the molecule is CN(C)c1nsc(NCC(O)c2cccc(=O)[nH]2)n1. The summed E-state index contributed by atoms with van der Waals surface area (Å²) in [6.45, 7) is 0.252. The number of aliphatic hydroxyl groups is 1. The molecule has 19 heavy (non-hydrogen) atoms. The third-order valence-corrected chi connectivity index (χ3v) is 3.08. The summed E-state index contributed by atoms with van der Waals surface area (Å²) in [6.07, 6.45) is -0.805. The molecule has 0 bridgehead atoms. The van der Waals surface area contributed by atoms with E-state index in [9.17, 15) is 9.90 Å². The number of aliphatic hydroxyl groups excluding tert-OH is 1. The van der Waals surface area contributed by atoms with Gasteiger partial charge in [0.1, 0.15) is 6.10 Å². The van der Waals surface area contributed by atoms with E-state index in [2.05, 4.69) is 19.7 Å². The average molecular weight is 281 g/mol. The molecule has 2 aromatic heterocycles. The maximum atomic E-state index is 11.1. The van der Waals surface area contributed by atoms with Gasteiger partial charge in [-0.05, 0) is 6.07 Å². The molecule has 0 radical (unpaired) electrons. The Balaban J connectivity index is 1.96. The fraction of sp³-hybridized carbons (Fsp3) is 0.364. The maximum absolute atomic E-state index is 11.1. The number of H-pyrrole nitrogens is 1. The minimum atomic E-state index is -0.805. The first-order chi connectivity index (χ1) is 9.06. The number of nitrogens with one attached hydrogen (secondary N) is 2. The lowest BCUT2D eigenvalue weighted by Crippen LogP contribution is -2.17. The number of nitrogens with zero attached hydrogens (tertiary/aromatic N) is 3. The normalized spacial score (nSPS) is 12.2. The van der Waals surface area contributed by atoms with Crippen LogP contribution in [0.2, 0.25) is 0 Å². The molecular formula is C11H15N5O2S. The molecule has 8 heteroatoms. The first-order valence-corrected chi connectivity index (χ1v) is 6.46. The average Bonchev–Trinajstić information content (AvgIpc) is 2.85. The van der Waals surface area contributed by atoms with Crippen molar-refractivity contribution in [2.24, 2.45) is 0 Å². The summed E-state index contributed by atoms with van der Waals surface area (Å²) in [5, 5.41) is 13.5. The molecule has 0 aromatic carbocycles. The van der Waals surface area contributed by atoms with Crippen molar-refractivity contribution in [3.8, 4) is 0 Å². The Morgan fingerprint density at radius 3 is 2.95 bits per heavy atom. The van der Waals surface area contributed by atoms with Gasteiger partial charge in [-0.15, -0.1) is 0 Å². The standard InChI is InChI=1S/C11H15N5O2S/c1-16(2)10-14-11(19-15-10)12-6-8(17)7-4-3-5-9(18)13-7/h3-5,8,17H,6H2,1-2H3,(H,13,18)(H,12,14,15). The summed E-state index contributed by atoms with van der Waals surface area (Å²) < 4.78 is 4.14. The van der Waals surface area contributed by atoms with Gasteiger partial charge < -0.3 is 20.3 Å². The lowest BCUT2D eigenvalue weighted by atomic mass is 10.2. The second-order valence-corrected chi connectivity index (χ2v) is 4.91. The third-order valence-electron chi connectivity index (χ3n) is 2.41. The van der Waals surface area contributed by atoms with Crippen molar-refractivity contribution in [2.75, 3.05) is 30.9 Å². The Hall–Kier alpha value is -1.93. The molecule has 1 unspecified atom stereocenters. The van der Waals surface area contributed by atoms with Crippen LogP contribution in [-0.2, 0) is 0 Å². The van der Waals surface area contributed by atoms with E-state index >= 15 is 0 Å². The number of rotatable bonds is 5. The van der Waals surface area contributed by atoms with Gasteiger partial charge in [0.2, 0.25) is 16.6 Å². The van der Waals surface area contributed by atoms with E-state index in [0.29, 0.717) is 16.8 Å². The predicted molar refractivity (Wildman–Crippen MR) is 74.7 cm³/mol. The van der Waals surface area contributed by atoms with Crippen molar-refractivity contribution in [1.29, 1.82) is 0 Å². The maximum Gasteiger partial charge on any atom is 0.248 e. The van der Waals surface area contributed by atoms with Gasteiger partial charge in [0, 0.05) is 43.9 Å². The minimum Gasteiger partial charge on any atom is -0.385 e. The lowest BCUT2D eigenvalue weighted by molar-refractivity contribution is 0.186. The molecular weight excluding hydrogens is 266 g/mol. The zero-order valence-corrected chi connectivity index (χ0v) is 11.4. The van der Waals surface area contributed by atoms with Crippen LogP contribution in [0.15, 0.2) is 23.0 Å². The van der Waals surface area contributed by atoms with Gasteiger partial charge in [0.05, 0.1) is 0 Å². The van der Waals surface area contributed by atoms with E-state index in [1.165, 1.54) is 17.6 Å². The van der Waals surface area contributed by atoms with Crippen LogP contribution in [-0.4, -0.2) is 40.1 Å². The van der Waals surface area contributed by atoms with E-state index in [1.807, 2.05) is 14.1 Å². The van der Waals surface area contributed by atoms with Crippen molar-refractivity contribution in [3.05, 3.63) is 34.2 Å². The summed E-state index contributed by atoms with van der Waals surface area (Å²) in [7, 11) is 3.71. The fourth-order valence-corrected chi connectivity index (χ4v) is 2.06. The Bertz CT molecular complexity index is 595. The molecule has 0 saturated heterocycles. The summed E-state index contributed by atoms with van der Waals surface area (Å²) in [6, 6.07) is 4.67. The van der Waals surface area contributed by atoms with E-state index in [4.69, 9.17) is 0 Å². The zero-order chi connectivity index (χ0) is 13.8. The topological polar surface area (TPSA) is 94.1 Å². The Kier molecular flexibility index (Phi) is 4.13. The summed E-state index contributed by atoms with van der Waals surface area (Å²) in [4.78, 5) is 19.7. The van der Waals surface area contributed by atoms with Crippen LogP contribution in [0.4, 0.5) is 11.1 Å². The Morgan fingerprint density at radius 1 is 1.53 bits per heavy atom. The number of hydrogen-bond acceptors (Lipinski definition) is 7. The quantitative estimate of drug-likeness (QED) is 0.736. The number of pyridine rings is 1. The first-order valence-electron chi connectivity index (χ1n) is 5.68. The van der Waals surface area contributed by atoms with Crippen LogP contribution in [0.5, 0.6) is 0 Å². The van der Waals surface area contributed by atoms with Crippen molar-refractivity contribution >= 4 is 22.6 Å². The number of aromatic nitrogens is 3. The van der Waals surface area contributed by atoms with Gasteiger partial charge in [0.15, 0.2) is 0 Å². The molecule has 2 aromatic rings. The highest BCUT2D eigenvalue weighted by Gasteiger charge is 2.10. The molecule has 3 N–H and O–H groups in total. The van der Waals surface area contributed by atoms with Crippen molar-refractivity contribution in [2.45, 2.75) is 6.10 Å². The van der Waals surface area contributed by atoms with E-state index in [0.717, 1.165) is 0 Å². The highest BCUT2D eigenvalue weighted by molar-refractivity contribution is 7.09. The number of aromatic amines is 1. The molecule has 2 rings (SSSR count). The van der Waals surface area contributed by atoms with Crippen LogP contribution in [0.3, 0.4) is 0 Å². The summed E-state index contributed by atoms with van der Waals surface area (Å²) in [5.41, 5.74) is 0.236. The molecule has 0 fully saturated rings. The molecule has 0 spiro atoms. The molecule has 1 atom stereocenters. The van der Waals surface area contributed by atoms with Gasteiger partial charge in [0.25, 0.3) is 0 Å². The van der Waals surface area contributed by atoms with E-state index < -0.39 is 6.10 Å². The summed E-state index contributed by atoms with van der Waals surface area (Å²) in [5.74, 6) is 0.620. The van der Waals surface area contributed by atoms with Crippen LogP contribution >= 0.6 is 11.5 Å². The smallest absolute Gasteiger partial charge is 0.248 e. The molecule has 2 heterocycles. The molecule has 0 aliphatic heterocycles. The highest BCUT2D eigenvalue weighted by Crippen LogP contribution is 2.17. The van der Waals surface area contributed by atoms with E-state index in [1.54, 1.807) is 17.0 Å². The Labute approximate surface area is 114 Å². The second-order valence-electron chi connectivity index (χ2n) is 4.16. The summed E-state index contributed by atoms with van der Waals surface area (Å²) >= 11 is 1.22.